The van der Waals surface area contributed by atoms with Crippen molar-refractivity contribution in [3.05, 3.63) is 35.4 Å². The molecule has 2 saturated carbocycles. The van der Waals surface area contributed by atoms with Crippen molar-refractivity contribution < 1.29 is 0 Å². The first-order valence-electron chi connectivity index (χ1n) is 11.3. The van der Waals surface area contributed by atoms with E-state index in [-0.39, 0.29) is 0 Å². The maximum absolute atomic E-state index is 3.59. The molecule has 1 aromatic carbocycles. The Balaban J connectivity index is 1.43. The predicted molar refractivity (Wildman–Crippen MR) is 113 cm³/mol. The van der Waals surface area contributed by atoms with E-state index in [4.69, 9.17) is 0 Å². The lowest BCUT2D eigenvalue weighted by atomic mass is 9.69. The third-order valence-electron chi connectivity index (χ3n) is 6.94. The van der Waals surface area contributed by atoms with E-state index in [0.29, 0.717) is 5.92 Å². The van der Waals surface area contributed by atoms with E-state index < -0.39 is 0 Å². The van der Waals surface area contributed by atoms with Gasteiger partial charge in [-0.1, -0.05) is 63.5 Å². The summed E-state index contributed by atoms with van der Waals surface area (Å²) in [4.78, 5) is 0. The molecule has 2 fully saturated rings. The van der Waals surface area contributed by atoms with E-state index in [1.807, 2.05) is 0 Å². The molecule has 0 saturated heterocycles. The molecule has 0 N–H and O–H groups in total. The third-order valence-corrected chi connectivity index (χ3v) is 6.94. The monoisotopic (exact) mass is 350 g/mol. The summed E-state index contributed by atoms with van der Waals surface area (Å²) in [6, 6.07) is 9.01. The van der Waals surface area contributed by atoms with Gasteiger partial charge in [-0.15, -0.1) is 0 Å². The fraction of sp³-hybridized carbons (Fsp3) is 0.692. The first-order chi connectivity index (χ1) is 12.7. The van der Waals surface area contributed by atoms with E-state index in [1.165, 1.54) is 88.2 Å². The zero-order valence-corrected chi connectivity index (χ0v) is 17.1. The molecule has 0 amide bonds. The van der Waals surface area contributed by atoms with Crippen molar-refractivity contribution in [2.24, 2.45) is 23.7 Å². The Hall–Kier alpha value is -1.22. The first kappa shape index (κ1) is 19.5. The van der Waals surface area contributed by atoms with Crippen LogP contribution in [0.4, 0.5) is 0 Å². The van der Waals surface area contributed by atoms with E-state index in [9.17, 15) is 0 Å². The molecule has 0 aliphatic heterocycles. The third kappa shape index (κ3) is 5.90. The van der Waals surface area contributed by atoms with Crippen molar-refractivity contribution in [3.8, 4) is 11.8 Å². The molecule has 1 aromatic rings. The van der Waals surface area contributed by atoms with Crippen LogP contribution in [0.3, 0.4) is 0 Å². The van der Waals surface area contributed by atoms with Gasteiger partial charge in [0, 0.05) is 11.5 Å². The van der Waals surface area contributed by atoms with Gasteiger partial charge >= 0.3 is 0 Å². The Kier molecular flexibility index (Phi) is 7.67. The summed E-state index contributed by atoms with van der Waals surface area (Å²) in [5.74, 6) is 10.7. The summed E-state index contributed by atoms with van der Waals surface area (Å²) < 4.78 is 0. The van der Waals surface area contributed by atoms with Crippen LogP contribution in [0.1, 0.15) is 95.6 Å². The van der Waals surface area contributed by atoms with Crippen molar-refractivity contribution in [3.63, 3.8) is 0 Å². The van der Waals surface area contributed by atoms with Gasteiger partial charge < -0.3 is 0 Å². The summed E-state index contributed by atoms with van der Waals surface area (Å²) in [5, 5.41) is 0. The van der Waals surface area contributed by atoms with Gasteiger partial charge in [0.05, 0.1) is 0 Å². The van der Waals surface area contributed by atoms with Crippen LogP contribution in [0.25, 0.3) is 0 Å². The molecule has 0 unspecified atom stereocenters. The summed E-state index contributed by atoms with van der Waals surface area (Å²) in [6.07, 6.45) is 16.6. The van der Waals surface area contributed by atoms with Crippen LogP contribution in [-0.4, -0.2) is 0 Å². The topological polar surface area (TPSA) is 0 Å². The molecule has 0 bridgehead atoms. The van der Waals surface area contributed by atoms with Crippen LogP contribution >= 0.6 is 0 Å². The van der Waals surface area contributed by atoms with Crippen LogP contribution in [0.15, 0.2) is 24.3 Å². The Labute approximate surface area is 162 Å². The summed E-state index contributed by atoms with van der Waals surface area (Å²) in [6.45, 7) is 4.70. The molecule has 0 atom stereocenters. The molecular formula is C26H38. The largest absolute Gasteiger partial charge is 0.0945 e. The summed E-state index contributed by atoms with van der Waals surface area (Å²) in [5.41, 5.74) is 2.67. The van der Waals surface area contributed by atoms with E-state index >= 15 is 0 Å². The van der Waals surface area contributed by atoms with E-state index in [0.717, 1.165) is 17.8 Å². The van der Waals surface area contributed by atoms with Gasteiger partial charge in [-0.05, 0) is 86.8 Å². The van der Waals surface area contributed by atoms with Crippen LogP contribution in [0, 0.1) is 35.5 Å². The fourth-order valence-corrected chi connectivity index (χ4v) is 5.01. The summed E-state index contributed by atoms with van der Waals surface area (Å²) >= 11 is 0. The maximum atomic E-state index is 3.59. The van der Waals surface area contributed by atoms with Crippen LogP contribution in [-0.2, 0) is 6.42 Å². The highest BCUT2D eigenvalue weighted by Crippen LogP contribution is 2.41. The van der Waals surface area contributed by atoms with Crippen LogP contribution in [0.5, 0.6) is 0 Å². The van der Waals surface area contributed by atoms with Crippen LogP contribution in [0.2, 0.25) is 0 Å². The first-order valence-corrected chi connectivity index (χ1v) is 11.3. The second kappa shape index (κ2) is 10.2. The Morgan fingerprint density at radius 3 is 2.04 bits per heavy atom. The molecule has 0 heterocycles. The number of benzene rings is 1. The Bertz CT molecular complexity index is 569. The lowest BCUT2D eigenvalue weighted by Gasteiger charge is -2.36. The van der Waals surface area contributed by atoms with Gasteiger partial charge in [-0.3, -0.25) is 0 Å². The second-order valence-corrected chi connectivity index (χ2v) is 9.06. The maximum Gasteiger partial charge on any atom is 0.0245 e. The fourth-order valence-electron chi connectivity index (χ4n) is 5.01. The van der Waals surface area contributed by atoms with Gasteiger partial charge in [0.25, 0.3) is 0 Å². The standard InChI is InChI=1S/C26H38/c1-3-4-5-6-22-9-11-23(12-10-22)13-14-24-15-19-26(20-16-24)25-17-7-21(2)8-18-25/h9-12,21,24-26H,3-8,15-20H2,1-2H3/t21-,24?,25-,26?. The van der Waals surface area contributed by atoms with Gasteiger partial charge in [-0.2, -0.15) is 0 Å². The van der Waals surface area contributed by atoms with Gasteiger partial charge in [0.1, 0.15) is 0 Å². The van der Waals surface area contributed by atoms with Crippen LogP contribution < -0.4 is 0 Å². The minimum atomic E-state index is 0.637. The molecule has 142 valence electrons. The molecule has 0 radical (unpaired) electrons. The van der Waals surface area contributed by atoms with E-state index in [1.54, 1.807) is 0 Å². The highest BCUT2D eigenvalue weighted by Gasteiger charge is 2.29. The van der Waals surface area contributed by atoms with Crippen molar-refractivity contribution >= 4 is 0 Å². The number of hydrogen-bond acceptors (Lipinski definition) is 0. The van der Waals surface area contributed by atoms with Gasteiger partial charge in [0.2, 0.25) is 0 Å². The van der Waals surface area contributed by atoms with E-state index in [2.05, 4.69) is 50.0 Å². The highest BCUT2D eigenvalue weighted by atomic mass is 14.3. The smallest absolute Gasteiger partial charge is 0.0245 e. The number of hydrogen-bond donors (Lipinski definition) is 0. The van der Waals surface area contributed by atoms with Crippen molar-refractivity contribution in [2.45, 2.75) is 90.9 Å². The van der Waals surface area contributed by atoms with Crippen molar-refractivity contribution in [2.75, 3.05) is 0 Å². The molecule has 0 aromatic heterocycles. The molecule has 26 heavy (non-hydrogen) atoms. The zero-order chi connectivity index (χ0) is 18.2. The second-order valence-electron chi connectivity index (χ2n) is 9.06. The lowest BCUT2D eigenvalue weighted by Crippen LogP contribution is -2.24. The predicted octanol–water partition coefficient (Wildman–Crippen LogP) is 7.40. The number of rotatable bonds is 5. The average molecular weight is 351 g/mol. The lowest BCUT2D eigenvalue weighted by molar-refractivity contribution is 0.162. The highest BCUT2D eigenvalue weighted by molar-refractivity contribution is 5.36. The average Bonchev–Trinajstić information content (AvgIpc) is 2.69. The molecule has 2 aliphatic carbocycles. The molecule has 3 rings (SSSR count). The Morgan fingerprint density at radius 1 is 0.808 bits per heavy atom. The van der Waals surface area contributed by atoms with Gasteiger partial charge in [-0.25, -0.2) is 0 Å². The number of unbranched alkanes of at least 4 members (excludes halogenated alkanes) is 2. The zero-order valence-electron chi connectivity index (χ0n) is 17.1. The molecule has 0 nitrogen and oxygen atoms in total. The minimum absolute atomic E-state index is 0.637. The van der Waals surface area contributed by atoms with Gasteiger partial charge in [0.15, 0.2) is 0 Å². The minimum Gasteiger partial charge on any atom is -0.0945 e. The van der Waals surface area contributed by atoms with Crippen molar-refractivity contribution in [1.29, 1.82) is 0 Å². The molecule has 0 heteroatoms. The molecule has 0 spiro atoms. The van der Waals surface area contributed by atoms with Crippen molar-refractivity contribution in [1.82, 2.24) is 0 Å². The normalized spacial score (nSPS) is 29.0. The molecule has 2 aliphatic rings. The Morgan fingerprint density at radius 2 is 1.42 bits per heavy atom. The summed E-state index contributed by atoms with van der Waals surface area (Å²) in [7, 11) is 0. The SMILES string of the molecule is CCCCCc1ccc(C#CC2CCC([C@H]3CC[C@H](C)CC3)CC2)cc1. The molecular weight excluding hydrogens is 312 g/mol. The number of aryl methyl sites for hydroxylation is 1. The quantitative estimate of drug-likeness (QED) is 0.383.